The van der Waals surface area contributed by atoms with Crippen LogP contribution in [-0.4, -0.2) is 11.6 Å². The normalized spacial score (nSPS) is 14.9. The standard InChI is InChI=1S/C13H13ClN2O/c1-7-2-3-9(14)11-12(15)8-6-17-5-4-10(8)16-13(7)11/h2-3H,4-6H2,1H3,(H2,15,16). The van der Waals surface area contributed by atoms with E-state index >= 15 is 0 Å². The number of hydrogen-bond acceptors (Lipinski definition) is 3. The number of nitrogen functional groups attached to an aromatic ring is 1. The predicted octanol–water partition coefficient (Wildman–Crippen LogP) is 2.85. The lowest BCUT2D eigenvalue weighted by atomic mass is 10.0. The van der Waals surface area contributed by atoms with Gasteiger partial charge in [0.1, 0.15) is 0 Å². The summed E-state index contributed by atoms with van der Waals surface area (Å²) >= 11 is 6.22. The summed E-state index contributed by atoms with van der Waals surface area (Å²) < 4.78 is 5.43. The number of ether oxygens (including phenoxy) is 1. The summed E-state index contributed by atoms with van der Waals surface area (Å²) in [5, 5.41) is 1.51. The van der Waals surface area contributed by atoms with Gasteiger partial charge in [0.15, 0.2) is 0 Å². The van der Waals surface area contributed by atoms with Crippen molar-refractivity contribution in [1.82, 2.24) is 4.98 Å². The van der Waals surface area contributed by atoms with E-state index in [0.29, 0.717) is 18.2 Å². The maximum atomic E-state index is 6.22. The molecule has 1 aliphatic heterocycles. The summed E-state index contributed by atoms with van der Waals surface area (Å²) in [4.78, 5) is 4.69. The Morgan fingerprint density at radius 3 is 3.06 bits per heavy atom. The lowest BCUT2D eigenvalue weighted by Crippen LogP contribution is -2.14. The van der Waals surface area contributed by atoms with E-state index in [1.807, 2.05) is 19.1 Å². The van der Waals surface area contributed by atoms with E-state index in [0.717, 1.165) is 39.8 Å². The van der Waals surface area contributed by atoms with Gasteiger partial charge in [-0.1, -0.05) is 17.7 Å². The van der Waals surface area contributed by atoms with Crippen molar-refractivity contribution in [2.45, 2.75) is 20.0 Å². The first-order valence-corrected chi connectivity index (χ1v) is 6.00. The highest BCUT2D eigenvalue weighted by molar-refractivity contribution is 6.36. The Morgan fingerprint density at radius 2 is 2.24 bits per heavy atom. The largest absolute Gasteiger partial charge is 0.398 e. The van der Waals surface area contributed by atoms with Crippen LogP contribution in [-0.2, 0) is 17.8 Å². The number of aromatic nitrogens is 1. The van der Waals surface area contributed by atoms with Crippen LogP contribution in [0.1, 0.15) is 16.8 Å². The van der Waals surface area contributed by atoms with Crippen molar-refractivity contribution in [2.75, 3.05) is 12.3 Å². The number of nitrogens with two attached hydrogens (primary N) is 1. The van der Waals surface area contributed by atoms with Crippen LogP contribution in [0.5, 0.6) is 0 Å². The van der Waals surface area contributed by atoms with Gasteiger partial charge < -0.3 is 10.5 Å². The number of halogens is 1. The zero-order valence-electron chi connectivity index (χ0n) is 9.59. The van der Waals surface area contributed by atoms with Crippen molar-refractivity contribution in [1.29, 1.82) is 0 Å². The van der Waals surface area contributed by atoms with Crippen LogP contribution in [0, 0.1) is 6.92 Å². The summed E-state index contributed by atoms with van der Waals surface area (Å²) in [6, 6.07) is 3.84. The number of nitrogens with zero attached hydrogens (tertiary/aromatic N) is 1. The molecule has 1 aromatic carbocycles. The van der Waals surface area contributed by atoms with Gasteiger partial charge in [-0.2, -0.15) is 0 Å². The Kier molecular flexibility index (Phi) is 2.45. The van der Waals surface area contributed by atoms with E-state index in [1.165, 1.54) is 0 Å². The van der Waals surface area contributed by atoms with Gasteiger partial charge >= 0.3 is 0 Å². The van der Waals surface area contributed by atoms with Gasteiger partial charge in [-0.15, -0.1) is 0 Å². The quantitative estimate of drug-likeness (QED) is 0.780. The van der Waals surface area contributed by atoms with E-state index < -0.39 is 0 Å². The average Bonchev–Trinajstić information content (AvgIpc) is 2.34. The Morgan fingerprint density at radius 1 is 1.41 bits per heavy atom. The van der Waals surface area contributed by atoms with Crippen molar-refractivity contribution < 1.29 is 4.74 Å². The molecule has 0 fully saturated rings. The number of anilines is 1. The van der Waals surface area contributed by atoms with Gasteiger partial charge in [0.25, 0.3) is 0 Å². The van der Waals surface area contributed by atoms with E-state index in [2.05, 4.69) is 0 Å². The van der Waals surface area contributed by atoms with Crippen LogP contribution in [0.4, 0.5) is 5.69 Å². The van der Waals surface area contributed by atoms with Crippen LogP contribution < -0.4 is 5.73 Å². The Labute approximate surface area is 105 Å². The molecule has 4 heteroatoms. The Balaban J connectivity index is 2.44. The van der Waals surface area contributed by atoms with Gasteiger partial charge in [-0.05, 0) is 18.6 Å². The third-order valence-electron chi connectivity index (χ3n) is 3.25. The molecule has 17 heavy (non-hydrogen) atoms. The van der Waals surface area contributed by atoms with Gasteiger partial charge in [0.05, 0.1) is 29.4 Å². The number of pyridine rings is 1. The molecule has 2 aromatic rings. The average molecular weight is 249 g/mol. The molecule has 2 N–H and O–H groups in total. The molecule has 0 saturated heterocycles. The second kappa shape index (κ2) is 3.86. The van der Waals surface area contributed by atoms with E-state index in [1.54, 1.807) is 0 Å². The van der Waals surface area contributed by atoms with Crippen molar-refractivity contribution >= 4 is 28.2 Å². The van der Waals surface area contributed by atoms with Gasteiger partial charge in [0.2, 0.25) is 0 Å². The summed E-state index contributed by atoms with van der Waals surface area (Å²) in [6.07, 6.45) is 0.821. The minimum Gasteiger partial charge on any atom is -0.398 e. The SMILES string of the molecule is Cc1ccc(Cl)c2c(N)c3c(nc12)CCOC3. The molecule has 1 aliphatic rings. The lowest BCUT2D eigenvalue weighted by molar-refractivity contribution is 0.110. The molecule has 0 saturated carbocycles. The van der Waals surface area contributed by atoms with Crippen molar-refractivity contribution in [3.8, 4) is 0 Å². The summed E-state index contributed by atoms with van der Waals surface area (Å²) in [6.45, 7) is 3.27. The fourth-order valence-electron chi connectivity index (χ4n) is 2.29. The third-order valence-corrected chi connectivity index (χ3v) is 3.56. The molecule has 0 bridgehead atoms. The minimum absolute atomic E-state index is 0.536. The molecule has 0 aliphatic carbocycles. The molecule has 0 radical (unpaired) electrons. The molecule has 88 valence electrons. The van der Waals surface area contributed by atoms with Crippen LogP contribution in [0.3, 0.4) is 0 Å². The van der Waals surface area contributed by atoms with E-state index in [4.69, 9.17) is 27.1 Å². The number of hydrogen-bond donors (Lipinski definition) is 1. The molecule has 2 heterocycles. The number of rotatable bonds is 0. The van der Waals surface area contributed by atoms with Gasteiger partial charge in [0, 0.05) is 23.1 Å². The minimum atomic E-state index is 0.536. The molecule has 1 aromatic heterocycles. The summed E-state index contributed by atoms with van der Waals surface area (Å²) in [5.74, 6) is 0. The van der Waals surface area contributed by atoms with Crippen LogP contribution >= 0.6 is 11.6 Å². The smallest absolute Gasteiger partial charge is 0.0770 e. The zero-order chi connectivity index (χ0) is 12.0. The highest BCUT2D eigenvalue weighted by atomic mass is 35.5. The fraction of sp³-hybridized carbons (Fsp3) is 0.308. The number of aryl methyl sites for hydroxylation is 1. The van der Waals surface area contributed by atoms with Crippen molar-refractivity contribution in [3.63, 3.8) is 0 Å². The zero-order valence-corrected chi connectivity index (χ0v) is 10.3. The maximum Gasteiger partial charge on any atom is 0.0770 e. The Bertz CT molecular complexity index is 610. The first-order valence-electron chi connectivity index (χ1n) is 5.62. The predicted molar refractivity (Wildman–Crippen MR) is 69.3 cm³/mol. The van der Waals surface area contributed by atoms with E-state index in [9.17, 15) is 0 Å². The molecular weight excluding hydrogens is 236 g/mol. The summed E-state index contributed by atoms with van der Waals surface area (Å²) in [7, 11) is 0. The highest BCUT2D eigenvalue weighted by Crippen LogP contribution is 2.34. The van der Waals surface area contributed by atoms with Crippen LogP contribution in [0.2, 0.25) is 5.02 Å². The second-order valence-electron chi connectivity index (χ2n) is 4.34. The van der Waals surface area contributed by atoms with E-state index in [-0.39, 0.29) is 0 Å². The van der Waals surface area contributed by atoms with Crippen LogP contribution in [0.25, 0.3) is 10.9 Å². The molecule has 0 spiro atoms. The maximum absolute atomic E-state index is 6.22. The lowest BCUT2D eigenvalue weighted by Gasteiger charge is -2.20. The number of fused-ring (bicyclic) bond motifs is 2. The fourth-order valence-corrected chi connectivity index (χ4v) is 2.54. The Hall–Kier alpha value is -1.32. The molecule has 0 amide bonds. The molecule has 3 rings (SSSR count). The molecule has 3 nitrogen and oxygen atoms in total. The van der Waals surface area contributed by atoms with Crippen molar-refractivity contribution in [3.05, 3.63) is 34.0 Å². The van der Waals surface area contributed by atoms with Crippen molar-refractivity contribution in [2.24, 2.45) is 0 Å². The first kappa shape index (κ1) is 10.8. The summed E-state index contributed by atoms with van der Waals surface area (Å²) in [5.41, 5.74) is 11.0. The molecule has 0 unspecified atom stereocenters. The second-order valence-corrected chi connectivity index (χ2v) is 4.75. The molecular formula is C13H13ClN2O. The first-order chi connectivity index (χ1) is 8.18. The highest BCUT2D eigenvalue weighted by Gasteiger charge is 2.18. The molecule has 0 atom stereocenters. The number of benzene rings is 1. The monoisotopic (exact) mass is 248 g/mol. The topological polar surface area (TPSA) is 48.1 Å². The van der Waals surface area contributed by atoms with Crippen LogP contribution in [0.15, 0.2) is 12.1 Å². The van der Waals surface area contributed by atoms with Gasteiger partial charge in [-0.25, -0.2) is 0 Å². The van der Waals surface area contributed by atoms with Gasteiger partial charge in [-0.3, -0.25) is 4.98 Å². The third kappa shape index (κ3) is 1.58.